The number of aliphatic imine (C=N–C) groups is 1. The Bertz CT molecular complexity index is 645. The van der Waals surface area contributed by atoms with E-state index in [-0.39, 0.29) is 0 Å². The van der Waals surface area contributed by atoms with E-state index in [1.807, 2.05) is 18.2 Å². The molecule has 0 bridgehead atoms. The smallest absolute Gasteiger partial charge is 0.160 e. The first kappa shape index (κ1) is 16.1. The largest absolute Gasteiger partial charge is 0.256 e. The predicted octanol–water partition coefficient (Wildman–Crippen LogP) is 5.61. The topological polar surface area (TPSA) is 12.4 Å². The molecule has 2 aromatic carbocycles. The van der Waals surface area contributed by atoms with Crippen LogP contribution in [0, 0.1) is 11.6 Å². The van der Waals surface area contributed by atoms with Crippen LogP contribution in [0.1, 0.15) is 30.4 Å². The molecule has 0 radical (unpaired) electrons. The predicted molar refractivity (Wildman–Crippen MR) is 87.8 cm³/mol. The summed E-state index contributed by atoms with van der Waals surface area (Å²) in [6, 6.07) is 11.7. The Labute approximate surface area is 130 Å². The summed E-state index contributed by atoms with van der Waals surface area (Å²) < 4.78 is 25.9. The van der Waals surface area contributed by atoms with Gasteiger partial charge < -0.3 is 0 Å². The van der Waals surface area contributed by atoms with Crippen LogP contribution in [0.3, 0.4) is 0 Å². The number of allylic oxidation sites excluding steroid dienone is 1. The molecule has 0 unspecified atom stereocenters. The van der Waals surface area contributed by atoms with Crippen molar-refractivity contribution in [1.29, 1.82) is 0 Å². The Morgan fingerprint density at radius 2 is 1.73 bits per heavy atom. The van der Waals surface area contributed by atoms with Crippen molar-refractivity contribution >= 4 is 11.9 Å². The molecule has 0 aliphatic carbocycles. The lowest BCUT2D eigenvalue weighted by Crippen LogP contribution is -1.87. The van der Waals surface area contributed by atoms with Crippen molar-refractivity contribution in [2.24, 2.45) is 4.99 Å². The van der Waals surface area contributed by atoms with Gasteiger partial charge in [-0.15, -0.1) is 6.58 Å². The van der Waals surface area contributed by atoms with Crippen LogP contribution < -0.4 is 0 Å². The van der Waals surface area contributed by atoms with Gasteiger partial charge in [-0.05, 0) is 48.9 Å². The quantitative estimate of drug-likeness (QED) is 0.358. The number of unbranched alkanes of at least 4 members (excludes halogenated alkanes) is 2. The zero-order chi connectivity index (χ0) is 15.8. The lowest BCUT2D eigenvalue weighted by molar-refractivity contribution is 0.509. The third kappa shape index (κ3) is 4.92. The van der Waals surface area contributed by atoms with Crippen molar-refractivity contribution in [3.63, 3.8) is 0 Å². The van der Waals surface area contributed by atoms with Gasteiger partial charge in [0.15, 0.2) is 11.6 Å². The van der Waals surface area contributed by atoms with Gasteiger partial charge in [0, 0.05) is 12.3 Å². The summed E-state index contributed by atoms with van der Waals surface area (Å²) >= 11 is 0. The zero-order valence-electron chi connectivity index (χ0n) is 12.4. The van der Waals surface area contributed by atoms with E-state index in [2.05, 4.69) is 23.7 Å². The fourth-order valence-corrected chi connectivity index (χ4v) is 2.10. The Hall–Kier alpha value is -2.29. The van der Waals surface area contributed by atoms with Crippen LogP contribution in [0.25, 0.3) is 0 Å². The molecule has 0 fully saturated rings. The van der Waals surface area contributed by atoms with Crippen molar-refractivity contribution in [3.8, 4) is 0 Å². The summed E-state index contributed by atoms with van der Waals surface area (Å²) in [7, 11) is 0. The van der Waals surface area contributed by atoms with E-state index in [1.165, 1.54) is 11.6 Å². The molecule has 0 aliphatic heterocycles. The highest BCUT2D eigenvalue weighted by Crippen LogP contribution is 2.16. The first-order valence-electron chi connectivity index (χ1n) is 7.38. The third-order valence-corrected chi connectivity index (χ3v) is 3.37. The minimum absolute atomic E-state index is 0.396. The number of benzene rings is 2. The number of aryl methyl sites for hydroxylation is 1. The van der Waals surface area contributed by atoms with E-state index in [1.54, 1.807) is 6.21 Å². The monoisotopic (exact) mass is 299 g/mol. The molecular weight excluding hydrogens is 280 g/mol. The maximum absolute atomic E-state index is 13.1. The second kappa shape index (κ2) is 8.23. The molecule has 2 aromatic rings. The minimum Gasteiger partial charge on any atom is -0.256 e. The molecule has 3 heteroatoms. The van der Waals surface area contributed by atoms with Gasteiger partial charge in [-0.3, -0.25) is 4.99 Å². The molecule has 0 aliphatic rings. The fourth-order valence-electron chi connectivity index (χ4n) is 2.10. The van der Waals surface area contributed by atoms with Crippen LogP contribution in [0.15, 0.2) is 60.1 Å². The van der Waals surface area contributed by atoms with Gasteiger partial charge in [-0.25, -0.2) is 8.78 Å². The summed E-state index contributed by atoms with van der Waals surface area (Å²) in [5.74, 6) is -1.75. The average Bonchev–Trinajstić information content (AvgIpc) is 2.54. The highest BCUT2D eigenvalue weighted by atomic mass is 19.2. The molecule has 1 nitrogen and oxygen atoms in total. The van der Waals surface area contributed by atoms with Crippen LogP contribution in [0.2, 0.25) is 0 Å². The van der Waals surface area contributed by atoms with Gasteiger partial charge in [-0.2, -0.15) is 0 Å². The molecular formula is C19H19F2N. The van der Waals surface area contributed by atoms with Gasteiger partial charge in [0.05, 0.1) is 5.69 Å². The zero-order valence-corrected chi connectivity index (χ0v) is 12.4. The highest BCUT2D eigenvalue weighted by Gasteiger charge is 2.00. The second-order valence-electron chi connectivity index (χ2n) is 5.13. The normalized spacial score (nSPS) is 11.0. The van der Waals surface area contributed by atoms with E-state index >= 15 is 0 Å². The van der Waals surface area contributed by atoms with Gasteiger partial charge in [0.1, 0.15) is 0 Å². The van der Waals surface area contributed by atoms with Crippen LogP contribution in [-0.4, -0.2) is 6.21 Å². The number of rotatable bonds is 7. The summed E-state index contributed by atoms with van der Waals surface area (Å²) in [4.78, 5) is 4.15. The Morgan fingerprint density at radius 3 is 2.41 bits per heavy atom. The van der Waals surface area contributed by atoms with Gasteiger partial charge in [-0.1, -0.05) is 30.3 Å². The van der Waals surface area contributed by atoms with Crippen molar-refractivity contribution in [2.45, 2.75) is 25.7 Å². The molecule has 22 heavy (non-hydrogen) atoms. The molecule has 0 spiro atoms. The molecule has 0 saturated heterocycles. The number of halogens is 2. The van der Waals surface area contributed by atoms with Crippen LogP contribution in [0.5, 0.6) is 0 Å². The summed E-state index contributed by atoms with van der Waals surface area (Å²) in [5.41, 5.74) is 2.61. The van der Waals surface area contributed by atoms with Crippen molar-refractivity contribution in [3.05, 3.63) is 77.9 Å². The Balaban J connectivity index is 1.94. The lowest BCUT2D eigenvalue weighted by atomic mass is 10.1. The standard InChI is InChI=1S/C19H19F2N/c1-2-3-4-5-6-15-7-9-16(10-8-15)14-22-17-11-12-18(20)19(21)13-17/h2,7-14H,1,3-6H2. The van der Waals surface area contributed by atoms with Crippen molar-refractivity contribution < 1.29 is 8.78 Å². The molecule has 0 aromatic heterocycles. The lowest BCUT2D eigenvalue weighted by Gasteiger charge is -2.01. The maximum atomic E-state index is 13.1. The average molecular weight is 299 g/mol. The summed E-state index contributed by atoms with van der Waals surface area (Å²) in [5, 5.41) is 0. The summed E-state index contributed by atoms with van der Waals surface area (Å²) in [6.45, 7) is 3.71. The highest BCUT2D eigenvalue weighted by molar-refractivity contribution is 5.81. The van der Waals surface area contributed by atoms with E-state index in [9.17, 15) is 8.78 Å². The van der Waals surface area contributed by atoms with E-state index in [0.717, 1.165) is 43.4 Å². The number of hydrogen-bond donors (Lipinski definition) is 0. The third-order valence-electron chi connectivity index (χ3n) is 3.37. The molecule has 0 amide bonds. The van der Waals surface area contributed by atoms with Gasteiger partial charge in [0.2, 0.25) is 0 Å². The first-order valence-corrected chi connectivity index (χ1v) is 7.38. The SMILES string of the molecule is C=CCCCCc1ccc(C=Nc2ccc(F)c(F)c2)cc1. The van der Waals surface area contributed by atoms with E-state index < -0.39 is 11.6 Å². The van der Waals surface area contributed by atoms with Gasteiger partial charge >= 0.3 is 0 Å². The van der Waals surface area contributed by atoms with Crippen LogP contribution in [-0.2, 0) is 6.42 Å². The minimum atomic E-state index is -0.885. The fraction of sp³-hybridized carbons (Fsp3) is 0.211. The number of nitrogens with zero attached hydrogens (tertiary/aromatic N) is 1. The van der Waals surface area contributed by atoms with Gasteiger partial charge in [0.25, 0.3) is 0 Å². The van der Waals surface area contributed by atoms with Crippen molar-refractivity contribution in [2.75, 3.05) is 0 Å². The van der Waals surface area contributed by atoms with E-state index in [4.69, 9.17) is 0 Å². The molecule has 0 saturated carbocycles. The first-order chi connectivity index (χ1) is 10.7. The summed E-state index contributed by atoms with van der Waals surface area (Å²) in [6.07, 6.45) is 8.00. The molecule has 0 N–H and O–H groups in total. The molecule has 0 atom stereocenters. The molecule has 114 valence electrons. The van der Waals surface area contributed by atoms with Crippen LogP contribution in [0.4, 0.5) is 14.5 Å². The van der Waals surface area contributed by atoms with Crippen LogP contribution >= 0.6 is 0 Å². The number of hydrogen-bond acceptors (Lipinski definition) is 1. The Kier molecular flexibility index (Phi) is 6.01. The molecule has 2 rings (SSSR count). The van der Waals surface area contributed by atoms with E-state index in [0.29, 0.717) is 5.69 Å². The molecule has 0 heterocycles. The Morgan fingerprint density at radius 1 is 0.955 bits per heavy atom. The second-order valence-corrected chi connectivity index (χ2v) is 5.13. The maximum Gasteiger partial charge on any atom is 0.160 e. The van der Waals surface area contributed by atoms with Crippen molar-refractivity contribution in [1.82, 2.24) is 0 Å².